The van der Waals surface area contributed by atoms with Crippen LogP contribution in [0.2, 0.25) is 0 Å². The van der Waals surface area contributed by atoms with Gasteiger partial charge in [-0.1, -0.05) is 6.92 Å². The van der Waals surface area contributed by atoms with Gasteiger partial charge >= 0.3 is 0 Å². The Kier molecular flexibility index (Phi) is 3.71. The molecular weight excluding hydrogens is 166 g/mol. The van der Waals surface area contributed by atoms with E-state index in [1.54, 1.807) is 0 Å². The summed E-state index contributed by atoms with van der Waals surface area (Å²) in [6.45, 7) is 8.15. The van der Waals surface area contributed by atoms with Crippen LogP contribution in [0, 0.1) is 5.92 Å². The number of hydrogen-bond donors (Lipinski definition) is 1. The van der Waals surface area contributed by atoms with E-state index >= 15 is 0 Å². The van der Waals surface area contributed by atoms with E-state index in [2.05, 4.69) is 26.1 Å². The molecule has 0 aromatic carbocycles. The third-order valence-electron chi connectivity index (χ3n) is 3.04. The molecule has 1 aliphatic rings. The topological polar surface area (TPSA) is 30.5 Å². The lowest BCUT2D eigenvalue weighted by molar-refractivity contribution is -0.212. The van der Waals surface area contributed by atoms with E-state index in [9.17, 15) is 0 Å². The van der Waals surface area contributed by atoms with Crippen LogP contribution < -0.4 is 5.32 Å². The van der Waals surface area contributed by atoms with Gasteiger partial charge in [0.15, 0.2) is 6.29 Å². The molecular formula is C10H21NO2. The van der Waals surface area contributed by atoms with Gasteiger partial charge in [0.25, 0.3) is 0 Å². The normalized spacial score (nSPS) is 23.1. The van der Waals surface area contributed by atoms with E-state index in [1.807, 2.05) is 7.05 Å². The number of ether oxygens (including phenoxy) is 2. The molecule has 0 saturated carbocycles. The van der Waals surface area contributed by atoms with Gasteiger partial charge in [-0.15, -0.1) is 0 Å². The lowest BCUT2D eigenvalue weighted by atomic mass is 9.88. The molecule has 78 valence electrons. The summed E-state index contributed by atoms with van der Waals surface area (Å²) >= 11 is 0. The fourth-order valence-electron chi connectivity index (χ4n) is 1.36. The van der Waals surface area contributed by atoms with Crippen LogP contribution in [0.25, 0.3) is 0 Å². The van der Waals surface area contributed by atoms with Crippen molar-refractivity contribution in [3.05, 3.63) is 0 Å². The molecule has 3 heteroatoms. The van der Waals surface area contributed by atoms with Crippen molar-refractivity contribution in [2.75, 3.05) is 20.3 Å². The average molecular weight is 187 g/mol. The first-order valence-corrected chi connectivity index (χ1v) is 5.00. The zero-order chi connectivity index (χ0) is 9.90. The zero-order valence-electron chi connectivity index (χ0n) is 9.09. The van der Waals surface area contributed by atoms with Gasteiger partial charge in [-0.25, -0.2) is 0 Å². The lowest BCUT2D eigenvalue weighted by Crippen LogP contribution is -2.50. The monoisotopic (exact) mass is 187 g/mol. The highest BCUT2D eigenvalue weighted by Gasteiger charge is 2.33. The van der Waals surface area contributed by atoms with Gasteiger partial charge in [0.05, 0.1) is 13.2 Å². The van der Waals surface area contributed by atoms with E-state index in [-0.39, 0.29) is 11.8 Å². The molecule has 0 aromatic rings. The van der Waals surface area contributed by atoms with Crippen LogP contribution in [0.5, 0.6) is 0 Å². The second-order valence-electron chi connectivity index (χ2n) is 4.22. The van der Waals surface area contributed by atoms with Crippen molar-refractivity contribution in [1.29, 1.82) is 0 Å². The molecule has 1 aliphatic heterocycles. The maximum atomic E-state index is 5.57. The van der Waals surface area contributed by atoms with Crippen LogP contribution in [-0.4, -0.2) is 32.1 Å². The molecule has 0 amide bonds. The molecule has 1 rings (SSSR count). The fourth-order valence-corrected chi connectivity index (χ4v) is 1.36. The Bertz CT molecular complexity index is 153. The highest BCUT2D eigenvalue weighted by molar-refractivity contribution is 4.84. The molecule has 0 bridgehead atoms. The summed E-state index contributed by atoms with van der Waals surface area (Å²) in [5, 5.41) is 3.28. The molecule has 1 fully saturated rings. The second-order valence-corrected chi connectivity index (χ2v) is 4.22. The van der Waals surface area contributed by atoms with Gasteiger partial charge in [0.2, 0.25) is 0 Å². The quantitative estimate of drug-likeness (QED) is 0.724. The minimum atomic E-state index is -0.0452. The third-order valence-corrected chi connectivity index (χ3v) is 3.04. The van der Waals surface area contributed by atoms with Crippen molar-refractivity contribution in [2.45, 2.75) is 39.0 Å². The Morgan fingerprint density at radius 2 is 1.85 bits per heavy atom. The van der Waals surface area contributed by atoms with E-state index in [1.165, 1.54) is 0 Å². The Balaban J connectivity index is 2.49. The van der Waals surface area contributed by atoms with Gasteiger partial charge in [-0.2, -0.15) is 0 Å². The van der Waals surface area contributed by atoms with Crippen LogP contribution in [0.1, 0.15) is 27.2 Å². The first-order chi connectivity index (χ1) is 6.08. The number of nitrogens with one attached hydrogen (secondary N) is 1. The summed E-state index contributed by atoms with van der Waals surface area (Å²) in [7, 11) is 1.97. The molecule has 0 radical (unpaired) electrons. The molecule has 1 heterocycles. The predicted molar refractivity (Wildman–Crippen MR) is 52.6 cm³/mol. The van der Waals surface area contributed by atoms with Gasteiger partial charge in [0, 0.05) is 11.5 Å². The van der Waals surface area contributed by atoms with Crippen molar-refractivity contribution in [2.24, 2.45) is 5.92 Å². The largest absolute Gasteiger partial charge is 0.352 e. The minimum absolute atomic E-state index is 0.0452. The molecule has 0 aliphatic carbocycles. The summed E-state index contributed by atoms with van der Waals surface area (Å²) < 4.78 is 11.1. The maximum Gasteiger partial charge on any atom is 0.161 e. The van der Waals surface area contributed by atoms with Gasteiger partial charge in [-0.3, -0.25) is 0 Å². The highest BCUT2D eigenvalue weighted by atomic mass is 16.7. The molecule has 1 unspecified atom stereocenters. The van der Waals surface area contributed by atoms with Crippen molar-refractivity contribution < 1.29 is 9.47 Å². The second kappa shape index (κ2) is 4.40. The number of hydrogen-bond acceptors (Lipinski definition) is 3. The molecule has 1 atom stereocenters. The van der Waals surface area contributed by atoms with Crippen molar-refractivity contribution in [3.63, 3.8) is 0 Å². The molecule has 3 nitrogen and oxygen atoms in total. The Morgan fingerprint density at radius 3 is 2.31 bits per heavy atom. The van der Waals surface area contributed by atoms with Crippen molar-refractivity contribution in [3.8, 4) is 0 Å². The molecule has 1 N–H and O–H groups in total. The predicted octanol–water partition coefficient (Wildman–Crippen LogP) is 1.38. The molecule has 1 saturated heterocycles. The summed E-state index contributed by atoms with van der Waals surface area (Å²) in [5.41, 5.74) is 0.0575. The fraction of sp³-hybridized carbons (Fsp3) is 1.00. The van der Waals surface area contributed by atoms with Crippen molar-refractivity contribution in [1.82, 2.24) is 5.32 Å². The number of rotatable bonds is 3. The summed E-state index contributed by atoms with van der Waals surface area (Å²) in [6.07, 6.45) is 0.972. The van der Waals surface area contributed by atoms with E-state index in [4.69, 9.17) is 9.47 Å². The summed E-state index contributed by atoms with van der Waals surface area (Å²) in [5.74, 6) is 0.359. The Hall–Kier alpha value is -0.120. The average Bonchev–Trinajstić information content (AvgIpc) is 2.18. The van der Waals surface area contributed by atoms with E-state index in [0.29, 0.717) is 5.92 Å². The minimum Gasteiger partial charge on any atom is -0.352 e. The summed E-state index contributed by atoms with van der Waals surface area (Å²) in [6, 6.07) is 0. The third kappa shape index (κ3) is 2.66. The smallest absolute Gasteiger partial charge is 0.161 e. The highest BCUT2D eigenvalue weighted by Crippen LogP contribution is 2.24. The van der Waals surface area contributed by atoms with Crippen LogP contribution in [0.3, 0.4) is 0 Å². The van der Waals surface area contributed by atoms with Gasteiger partial charge in [-0.05, 0) is 27.3 Å². The van der Waals surface area contributed by atoms with Crippen LogP contribution in [-0.2, 0) is 9.47 Å². The van der Waals surface area contributed by atoms with E-state index in [0.717, 1.165) is 19.6 Å². The maximum absolute atomic E-state index is 5.57. The van der Waals surface area contributed by atoms with Crippen LogP contribution in [0.15, 0.2) is 0 Å². The summed E-state index contributed by atoms with van der Waals surface area (Å²) in [4.78, 5) is 0. The molecule has 13 heavy (non-hydrogen) atoms. The SMILES string of the molecule is CNC(C)(C)C(C)C1OCCCO1. The van der Waals surface area contributed by atoms with Crippen molar-refractivity contribution >= 4 is 0 Å². The lowest BCUT2D eigenvalue weighted by Gasteiger charge is -2.38. The van der Waals surface area contributed by atoms with E-state index < -0.39 is 0 Å². The van der Waals surface area contributed by atoms with Gasteiger partial charge < -0.3 is 14.8 Å². The Labute approximate surface area is 80.8 Å². The van der Waals surface area contributed by atoms with Crippen LogP contribution >= 0.6 is 0 Å². The standard InChI is InChI=1S/C10H21NO2/c1-8(10(2,3)11-4)9-12-6-5-7-13-9/h8-9,11H,5-7H2,1-4H3. The zero-order valence-corrected chi connectivity index (χ0v) is 9.09. The first kappa shape index (κ1) is 11.0. The molecule has 0 aromatic heterocycles. The first-order valence-electron chi connectivity index (χ1n) is 5.00. The molecule has 0 spiro atoms. The Morgan fingerprint density at radius 1 is 1.31 bits per heavy atom. The van der Waals surface area contributed by atoms with Gasteiger partial charge in [0.1, 0.15) is 0 Å². The van der Waals surface area contributed by atoms with Crippen LogP contribution in [0.4, 0.5) is 0 Å².